The van der Waals surface area contributed by atoms with Gasteiger partial charge in [0.05, 0.1) is 0 Å². The lowest BCUT2D eigenvalue weighted by molar-refractivity contribution is -0.0390. The number of hydrogen-bond donors (Lipinski definition) is 1. The molecule has 4 nitrogen and oxygen atoms in total. The van der Waals surface area contributed by atoms with Crippen LogP contribution in [0.25, 0.3) is 0 Å². The van der Waals surface area contributed by atoms with E-state index in [2.05, 4.69) is 22.2 Å². The number of nitrogens with one attached hydrogen (secondary N) is 1. The highest BCUT2D eigenvalue weighted by atomic mass is 16.5. The van der Waals surface area contributed by atoms with Gasteiger partial charge >= 0.3 is 0 Å². The van der Waals surface area contributed by atoms with Gasteiger partial charge < -0.3 is 10.1 Å². The Morgan fingerprint density at radius 2 is 1.88 bits per heavy atom. The van der Waals surface area contributed by atoms with E-state index in [4.69, 9.17) is 4.74 Å². The van der Waals surface area contributed by atoms with Crippen molar-refractivity contribution in [2.24, 2.45) is 0 Å². The van der Waals surface area contributed by atoms with Gasteiger partial charge in [-0.05, 0) is 34.1 Å². The maximum absolute atomic E-state index is 5.81. The molecule has 1 heterocycles. The molecule has 1 N–H and O–H groups in total. The molecule has 0 fully saturated rings. The quantitative estimate of drug-likeness (QED) is 0.855. The van der Waals surface area contributed by atoms with Gasteiger partial charge in [-0.3, -0.25) is 0 Å². The van der Waals surface area contributed by atoms with E-state index in [-0.39, 0.29) is 0 Å². The monoisotopic (exact) mass is 237 g/mol. The lowest BCUT2D eigenvalue weighted by Crippen LogP contribution is -2.28. The molecule has 1 unspecified atom stereocenters. The van der Waals surface area contributed by atoms with Gasteiger partial charge in [0.15, 0.2) is 5.82 Å². The summed E-state index contributed by atoms with van der Waals surface area (Å²) < 4.78 is 5.81. The van der Waals surface area contributed by atoms with E-state index < -0.39 is 5.60 Å². The summed E-state index contributed by atoms with van der Waals surface area (Å²) in [6.07, 6.45) is 0.854. The van der Waals surface area contributed by atoms with Crippen LogP contribution in [0.5, 0.6) is 0 Å². The van der Waals surface area contributed by atoms with Crippen molar-refractivity contribution < 1.29 is 4.74 Å². The Balaban J connectivity index is 3.25. The Morgan fingerprint density at radius 3 is 2.35 bits per heavy atom. The smallest absolute Gasteiger partial charge is 0.162 e. The fourth-order valence-electron chi connectivity index (χ4n) is 1.75. The van der Waals surface area contributed by atoms with E-state index >= 15 is 0 Å². The molecule has 0 amide bonds. The number of rotatable bonds is 5. The van der Waals surface area contributed by atoms with Crippen molar-refractivity contribution >= 4 is 5.82 Å². The van der Waals surface area contributed by atoms with E-state index in [1.54, 1.807) is 0 Å². The van der Waals surface area contributed by atoms with Crippen molar-refractivity contribution in [1.29, 1.82) is 0 Å². The fourth-order valence-corrected chi connectivity index (χ4v) is 1.75. The molecule has 96 valence electrons. The first-order valence-corrected chi connectivity index (χ1v) is 6.15. The average molecular weight is 237 g/mol. The van der Waals surface area contributed by atoms with Crippen molar-refractivity contribution in [1.82, 2.24) is 9.97 Å². The van der Waals surface area contributed by atoms with Crippen LogP contribution < -0.4 is 5.32 Å². The van der Waals surface area contributed by atoms with Gasteiger partial charge in [0.25, 0.3) is 0 Å². The molecule has 0 saturated heterocycles. The number of aromatic nitrogens is 2. The third kappa shape index (κ3) is 2.75. The van der Waals surface area contributed by atoms with Crippen LogP contribution in [0.15, 0.2) is 0 Å². The minimum absolute atomic E-state index is 0.404. The topological polar surface area (TPSA) is 47.0 Å². The summed E-state index contributed by atoms with van der Waals surface area (Å²) >= 11 is 0. The molecule has 4 heteroatoms. The van der Waals surface area contributed by atoms with Crippen molar-refractivity contribution in [2.75, 3.05) is 19.0 Å². The highest BCUT2D eigenvalue weighted by Gasteiger charge is 2.29. The Labute approximate surface area is 104 Å². The summed E-state index contributed by atoms with van der Waals surface area (Å²) in [4.78, 5) is 9.13. The van der Waals surface area contributed by atoms with Gasteiger partial charge in [-0.25, -0.2) is 9.97 Å². The van der Waals surface area contributed by atoms with E-state index in [9.17, 15) is 0 Å². The Hall–Kier alpha value is -1.16. The third-order valence-corrected chi connectivity index (χ3v) is 3.24. The maximum Gasteiger partial charge on any atom is 0.162 e. The molecule has 0 aromatic carbocycles. The second-order valence-electron chi connectivity index (χ2n) is 4.37. The Kier molecular flexibility index (Phi) is 4.46. The molecule has 1 aromatic rings. The van der Waals surface area contributed by atoms with Gasteiger partial charge in [0.2, 0.25) is 0 Å². The molecule has 1 aromatic heterocycles. The number of anilines is 1. The second kappa shape index (κ2) is 5.45. The highest BCUT2D eigenvalue weighted by molar-refractivity contribution is 5.45. The number of aryl methyl sites for hydroxylation is 1. The molecule has 0 aliphatic rings. The van der Waals surface area contributed by atoms with Gasteiger partial charge in [0.1, 0.15) is 11.4 Å². The predicted molar refractivity (Wildman–Crippen MR) is 70.3 cm³/mol. The number of nitrogens with zero attached hydrogens (tertiary/aromatic N) is 2. The second-order valence-corrected chi connectivity index (χ2v) is 4.37. The molecule has 17 heavy (non-hydrogen) atoms. The molecule has 0 spiro atoms. The molecular formula is C13H23N3O. The van der Waals surface area contributed by atoms with Crippen LogP contribution in [-0.4, -0.2) is 23.6 Å². The zero-order chi connectivity index (χ0) is 13.1. The first kappa shape index (κ1) is 13.9. The largest absolute Gasteiger partial charge is 0.373 e. The normalized spacial score (nSPS) is 14.5. The minimum atomic E-state index is -0.404. The first-order chi connectivity index (χ1) is 7.98. The van der Waals surface area contributed by atoms with Gasteiger partial charge in [0, 0.05) is 24.9 Å². The van der Waals surface area contributed by atoms with E-state index in [1.165, 1.54) is 0 Å². The summed E-state index contributed by atoms with van der Waals surface area (Å²) in [5, 5.41) is 3.11. The summed E-state index contributed by atoms with van der Waals surface area (Å²) in [5.41, 5.74) is 1.68. The van der Waals surface area contributed by atoms with Crippen LogP contribution in [0, 0.1) is 13.8 Å². The van der Waals surface area contributed by atoms with E-state index in [0.29, 0.717) is 6.61 Å². The van der Waals surface area contributed by atoms with Gasteiger partial charge in [-0.2, -0.15) is 0 Å². The Morgan fingerprint density at radius 1 is 1.24 bits per heavy atom. The zero-order valence-corrected chi connectivity index (χ0v) is 11.7. The predicted octanol–water partition coefficient (Wildman–Crippen LogP) is 2.80. The van der Waals surface area contributed by atoms with E-state index in [0.717, 1.165) is 29.3 Å². The van der Waals surface area contributed by atoms with Crippen LogP contribution in [0.1, 0.15) is 44.3 Å². The maximum atomic E-state index is 5.81. The zero-order valence-electron chi connectivity index (χ0n) is 11.7. The minimum Gasteiger partial charge on any atom is -0.373 e. The lowest BCUT2D eigenvalue weighted by atomic mass is 10.0. The van der Waals surface area contributed by atoms with Crippen LogP contribution in [0.4, 0.5) is 5.82 Å². The van der Waals surface area contributed by atoms with Crippen molar-refractivity contribution in [3.8, 4) is 0 Å². The molecule has 0 radical (unpaired) electrons. The summed E-state index contributed by atoms with van der Waals surface area (Å²) in [6.45, 7) is 10.8. The molecule has 1 rings (SSSR count). The summed E-state index contributed by atoms with van der Waals surface area (Å²) in [7, 11) is 1.88. The molecule has 0 saturated carbocycles. The first-order valence-electron chi connectivity index (χ1n) is 6.15. The van der Waals surface area contributed by atoms with Crippen molar-refractivity contribution in [2.45, 2.75) is 46.6 Å². The van der Waals surface area contributed by atoms with Crippen molar-refractivity contribution in [3.05, 3.63) is 17.1 Å². The highest BCUT2D eigenvalue weighted by Crippen LogP contribution is 2.28. The van der Waals surface area contributed by atoms with Gasteiger partial charge in [-0.15, -0.1) is 0 Å². The van der Waals surface area contributed by atoms with Crippen LogP contribution in [-0.2, 0) is 10.3 Å². The van der Waals surface area contributed by atoms with E-state index in [1.807, 2.05) is 34.7 Å². The molecule has 0 aliphatic carbocycles. The Bertz CT molecular complexity index is 392. The van der Waals surface area contributed by atoms with Gasteiger partial charge in [-0.1, -0.05) is 6.92 Å². The number of ether oxygens (including phenoxy) is 1. The molecule has 0 bridgehead atoms. The molecular weight excluding hydrogens is 214 g/mol. The SMILES string of the molecule is CCOC(C)(CC)c1nc(C)c(C)c(NC)n1. The third-order valence-electron chi connectivity index (χ3n) is 3.24. The number of hydrogen-bond acceptors (Lipinski definition) is 4. The standard InChI is InChI=1S/C13H23N3O/c1-7-13(5,17-8-2)12-15-10(4)9(3)11(14-6)16-12/h7-8H2,1-6H3,(H,14,15,16). The summed E-state index contributed by atoms with van der Waals surface area (Å²) in [6, 6.07) is 0. The van der Waals surface area contributed by atoms with Crippen LogP contribution >= 0.6 is 0 Å². The molecule has 0 aliphatic heterocycles. The average Bonchev–Trinajstić information content (AvgIpc) is 2.32. The lowest BCUT2D eigenvalue weighted by Gasteiger charge is -2.27. The summed E-state index contributed by atoms with van der Waals surface area (Å²) in [5.74, 6) is 1.64. The molecule has 1 atom stereocenters. The van der Waals surface area contributed by atoms with Crippen LogP contribution in [0.2, 0.25) is 0 Å². The van der Waals surface area contributed by atoms with Crippen LogP contribution in [0.3, 0.4) is 0 Å². The fraction of sp³-hybridized carbons (Fsp3) is 0.692. The van der Waals surface area contributed by atoms with Crippen molar-refractivity contribution in [3.63, 3.8) is 0 Å².